The second-order valence-corrected chi connectivity index (χ2v) is 5.18. The van der Waals surface area contributed by atoms with Gasteiger partial charge in [-0.1, -0.05) is 18.2 Å². The van der Waals surface area contributed by atoms with Crippen LogP contribution in [0.25, 0.3) is 0 Å². The van der Waals surface area contributed by atoms with Gasteiger partial charge in [-0.3, -0.25) is 0 Å². The van der Waals surface area contributed by atoms with Crippen molar-refractivity contribution in [3.63, 3.8) is 0 Å². The lowest BCUT2D eigenvalue weighted by atomic mass is 10.1. The third-order valence-electron chi connectivity index (χ3n) is 3.13. The molecule has 1 atom stereocenters. The zero-order valence-corrected chi connectivity index (χ0v) is 12.2. The summed E-state index contributed by atoms with van der Waals surface area (Å²) >= 11 is 0. The average Bonchev–Trinajstić information content (AvgIpc) is 2.43. The summed E-state index contributed by atoms with van der Waals surface area (Å²) in [5.74, 6) is 0.599. The number of para-hydroxylation sites is 1. The maximum absolute atomic E-state index is 9.94. The molecule has 0 saturated carbocycles. The molecule has 1 aromatic carbocycles. The highest BCUT2D eigenvalue weighted by atomic mass is 16.5. The molecule has 1 rings (SSSR count). The molecule has 0 spiro atoms. The summed E-state index contributed by atoms with van der Waals surface area (Å²) in [6, 6.07) is 7.67. The van der Waals surface area contributed by atoms with E-state index in [4.69, 9.17) is 14.9 Å². The summed E-state index contributed by atoms with van der Waals surface area (Å²) in [4.78, 5) is 1.88. The largest absolute Gasteiger partial charge is 0.491 e. The van der Waals surface area contributed by atoms with Crippen LogP contribution in [0.1, 0.15) is 5.56 Å². The molecule has 5 nitrogen and oxygen atoms in total. The van der Waals surface area contributed by atoms with E-state index in [2.05, 4.69) is 0 Å². The van der Waals surface area contributed by atoms with Crippen LogP contribution in [0.15, 0.2) is 24.3 Å². The topological polar surface area (TPSA) is 73.2 Å². The van der Waals surface area contributed by atoms with E-state index in [0.29, 0.717) is 13.1 Å². The minimum absolute atomic E-state index is 0.0589. The van der Waals surface area contributed by atoms with Crippen LogP contribution in [0.5, 0.6) is 5.75 Å². The normalized spacial score (nSPS) is 12.9. The Balaban J connectivity index is 2.33. The molecule has 0 aliphatic heterocycles. The van der Waals surface area contributed by atoms with Gasteiger partial charge in [0.15, 0.2) is 0 Å². The molecule has 0 heterocycles. The molecular weight excluding hydrogens is 258 g/mol. The van der Waals surface area contributed by atoms with Crippen molar-refractivity contribution in [3.8, 4) is 5.75 Å². The highest BCUT2D eigenvalue weighted by Gasteiger charge is 2.14. The fraction of sp³-hybridized carbons (Fsp3) is 0.600. The first-order chi connectivity index (χ1) is 9.56. The third kappa shape index (κ3) is 5.88. The van der Waals surface area contributed by atoms with Crippen molar-refractivity contribution in [2.24, 2.45) is 5.92 Å². The number of aryl methyl sites for hydroxylation is 1. The number of aliphatic hydroxyl groups is 3. The van der Waals surface area contributed by atoms with E-state index < -0.39 is 6.10 Å². The van der Waals surface area contributed by atoms with Gasteiger partial charge in [-0.25, -0.2) is 0 Å². The van der Waals surface area contributed by atoms with Gasteiger partial charge in [0.05, 0.1) is 0 Å². The summed E-state index contributed by atoms with van der Waals surface area (Å²) < 4.78 is 5.58. The first-order valence-electron chi connectivity index (χ1n) is 6.83. The van der Waals surface area contributed by atoms with Crippen LogP contribution in [0.2, 0.25) is 0 Å². The number of hydrogen-bond acceptors (Lipinski definition) is 5. The van der Waals surface area contributed by atoms with E-state index in [1.807, 2.05) is 43.1 Å². The Kier molecular flexibility index (Phi) is 7.54. The average molecular weight is 283 g/mol. The van der Waals surface area contributed by atoms with Crippen LogP contribution >= 0.6 is 0 Å². The SMILES string of the molecule is Cc1ccccc1OCC(O)CN(C)CC(CO)CO. The molecule has 0 radical (unpaired) electrons. The predicted molar refractivity (Wildman–Crippen MR) is 77.8 cm³/mol. The Bertz CT molecular complexity index is 382. The Morgan fingerprint density at radius 3 is 2.40 bits per heavy atom. The molecule has 0 aliphatic rings. The third-order valence-corrected chi connectivity index (χ3v) is 3.13. The monoisotopic (exact) mass is 283 g/mol. The number of nitrogens with zero attached hydrogens (tertiary/aromatic N) is 1. The molecule has 0 aromatic heterocycles. The highest BCUT2D eigenvalue weighted by Crippen LogP contribution is 2.16. The first-order valence-corrected chi connectivity index (χ1v) is 6.83. The first kappa shape index (κ1) is 16.9. The number of rotatable bonds is 9. The molecule has 0 amide bonds. The molecule has 0 fully saturated rings. The van der Waals surface area contributed by atoms with Crippen molar-refractivity contribution in [3.05, 3.63) is 29.8 Å². The summed E-state index contributed by atoms with van der Waals surface area (Å²) in [5.41, 5.74) is 1.04. The molecular formula is C15H25NO4. The van der Waals surface area contributed by atoms with Crippen molar-refractivity contribution in [2.75, 3.05) is 40.0 Å². The van der Waals surface area contributed by atoms with Gasteiger partial charge in [-0.15, -0.1) is 0 Å². The molecule has 114 valence electrons. The second-order valence-electron chi connectivity index (χ2n) is 5.18. The van der Waals surface area contributed by atoms with Gasteiger partial charge in [0, 0.05) is 32.2 Å². The van der Waals surface area contributed by atoms with Gasteiger partial charge >= 0.3 is 0 Å². The molecule has 1 unspecified atom stereocenters. The minimum atomic E-state index is -0.613. The minimum Gasteiger partial charge on any atom is -0.491 e. The van der Waals surface area contributed by atoms with Crippen LogP contribution in [0.4, 0.5) is 0 Å². The number of benzene rings is 1. The van der Waals surface area contributed by atoms with Crippen molar-refractivity contribution in [2.45, 2.75) is 13.0 Å². The number of aliphatic hydroxyl groups excluding tert-OH is 3. The lowest BCUT2D eigenvalue weighted by Crippen LogP contribution is -2.37. The Morgan fingerprint density at radius 2 is 1.80 bits per heavy atom. The summed E-state index contributed by atoms with van der Waals surface area (Å²) in [6.07, 6.45) is -0.613. The van der Waals surface area contributed by atoms with Crippen molar-refractivity contribution in [1.82, 2.24) is 4.90 Å². The van der Waals surface area contributed by atoms with Crippen LogP contribution in [-0.2, 0) is 0 Å². The lowest BCUT2D eigenvalue weighted by Gasteiger charge is -2.24. The molecule has 0 saturated heterocycles. The quantitative estimate of drug-likeness (QED) is 0.606. The van der Waals surface area contributed by atoms with Gasteiger partial charge in [0.2, 0.25) is 0 Å². The molecule has 1 aromatic rings. The Morgan fingerprint density at radius 1 is 1.15 bits per heavy atom. The van der Waals surface area contributed by atoms with E-state index in [9.17, 15) is 5.11 Å². The van der Waals surface area contributed by atoms with E-state index >= 15 is 0 Å². The maximum Gasteiger partial charge on any atom is 0.122 e. The molecule has 0 aliphatic carbocycles. The summed E-state index contributed by atoms with van der Waals surface area (Å²) in [5, 5.41) is 28.0. The van der Waals surface area contributed by atoms with E-state index in [1.165, 1.54) is 0 Å². The van der Waals surface area contributed by atoms with Gasteiger partial charge < -0.3 is 25.0 Å². The van der Waals surface area contributed by atoms with Crippen molar-refractivity contribution in [1.29, 1.82) is 0 Å². The predicted octanol–water partition coefficient (Wildman–Crippen LogP) is 0.267. The molecule has 3 N–H and O–H groups in total. The molecule has 0 bridgehead atoms. The smallest absolute Gasteiger partial charge is 0.122 e. The van der Waals surface area contributed by atoms with Gasteiger partial charge in [-0.05, 0) is 25.6 Å². The van der Waals surface area contributed by atoms with E-state index in [-0.39, 0.29) is 25.7 Å². The van der Waals surface area contributed by atoms with Crippen LogP contribution in [0.3, 0.4) is 0 Å². The standard InChI is InChI=1S/C15H25NO4/c1-12-5-3-4-6-15(12)20-11-14(19)8-16(2)7-13(9-17)10-18/h3-6,13-14,17-19H,7-11H2,1-2H3. The van der Waals surface area contributed by atoms with Gasteiger partial charge in [-0.2, -0.15) is 0 Å². The zero-order valence-electron chi connectivity index (χ0n) is 12.2. The van der Waals surface area contributed by atoms with Crippen LogP contribution in [0, 0.1) is 12.8 Å². The maximum atomic E-state index is 9.94. The fourth-order valence-corrected chi connectivity index (χ4v) is 2.01. The van der Waals surface area contributed by atoms with Crippen LogP contribution < -0.4 is 4.74 Å². The van der Waals surface area contributed by atoms with Crippen molar-refractivity contribution < 1.29 is 20.1 Å². The van der Waals surface area contributed by atoms with E-state index in [0.717, 1.165) is 11.3 Å². The van der Waals surface area contributed by atoms with Gasteiger partial charge in [0.25, 0.3) is 0 Å². The Labute approximate surface area is 120 Å². The number of hydrogen-bond donors (Lipinski definition) is 3. The molecule has 20 heavy (non-hydrogen) atoms. The number of likely N-dealkylation sites (N-methyl/N-ethyl adjacent to an activating group) is 1. The fourth-order valence-electron chi connectivity index (χ4n) is 2.01. The van der Waals surface area contributed by atoms with Crippen LogP contribution in [-0.4, -0.2) is 66.3 Å². The van der Waals surface area contributed by atoms with Crippen molar-refractivity contribution >= 4 is 0 Å². The highest BCUT2D eigenvalue weighted by molar-refractivity contribution is 5.31. The lowest BCUT2D eigenvalue weighted by molar-refractivity contribution is 0.0583. The molecule has 5 heteroatoms. The zero-order chi connectivity index (χ0) is 15.0. The number of ether oxygens (including phenoxy) is 1. The summed E-state index contributed by atoms with van der Waals surface area (Å²) in [6.45, 7) is 3.03. The Hall–Kier alpha value is -1.14. The summed E-state index contributed by atoms with van der Waals surface area (Å²) in [7, 11) is 1.84. The second kappa shape index (κ2) is 8.92. The van der Waals surface area contributed by atoms with Gasteiger partial charge in [0.1, 0.15) is 18.5 Å². The van der Waals surface area contributed by atoms with E-state index in [1.54, 1.807) is 0 Å².